The number of aliphatic hydroxyl groups is 1. The van der Waals surface area contributed by atoms with Gasteiger partial charge in [-0.3, -0.25) is 0 Å². The number of rotatable bonds is 6. The van der Waals surface area contributed by atoms with Crippen LogP contribution in [0, 0.1) is 0 Å². The van der Waals surface area contributed by atoms with Crippen molar-refractivity contribution in [3.05, 3.63) is 48.0 Å². The molecule has 1 heterocycles. The van der Waals surface area contributed by atoms with Gasteiger partial charge < -0.3 is 14.6 Å². The molecule has 0 amide bonds. The summed E-state index contributed by atoms with van der Waals surface area (Å²) >= 11 is 0. The monoisotopic (exact) mass is 310 g/mol. The van der Waals surface area contributed by atoms with Crippen LogP contribution in [0.5, 0.6) is 0 Å². The van der Waals surface area contributed by atoms with Gasteiger partial charge in [0, 0.05) is 35.4 Å². The van der Waals surface area contributed by atoms with E-state index in [0.29, 0.717) is 0 Å². The average molecular weight is 310 g/mol. The van der Waals surface area contributed by atoms with Gasteiger partial charge in [-0.2, -0.15) is 0 Å². The average Bonchev–Trinajstić information content (AvgIpc) is 2.88. The Labute approximate surface area is 138 Å². The Bertz CT molecular complexity index is 802. The third kappa shape index (κ3) is 2.99. The molecule has 3 rings (SSSR count). The lowest BCUT2D eigenvalue weighted by Crippen LogP contribution is -2.25. The maximum Gasteiger partial charge on any atom is 0.0802 e. The van der Waals surface area contributed by atoms with Crippen molar-refractivity contribution in [3.63, 3.8) is 0 Å². The number of aryl methyl sites for hydroxylation is 1. The van der Waals surface area contributed by atoms with Crippen molar-refractivity contribution in [2.24, 2.45) is 7.05 Å². The fraction of sp³-hybridized carbons (Fsp3) is 0.400. The topological polar surface area (TPSA) is 28.4 Å². The van der Waals surface area contributed by atoms with Gasteiger partial charge in [-0.15, -0.1) is 0 Å². The summed E-state index contributed by atoms with van der Waals surface area (Å²) in [5.74, 6) is 0. The molecule has 1 unspecified atom stereocenters. The highest BCUT2D eigenvalue weighted by molar-refractivity contribution is 6.08. The number of benzene rings is 2. The highest BCUT2D eigenvalue weighted by Crippen LogP contribution is 2.30. The first kappa shape index (κ1) is 16.0. The van der Waals surface area contributed by atoms with Gasteiger partial charge in [0.25, 0.3) is 0 Å². The third-order valence-electron chi connectivity index (χ3n) is 4.94. The lowest BCUT2D eigenvalue weighted by molar-refractivity contribution is 0.145. The van der Waals surface area contributed by atoms with Gasteiger partial charge in [0.1, 0.15) is 0 Å². The molecule has 0 spiro atoms. The lowest BCUT2D eigenvalue weighted by atomic mass is 10.0. The Balaban J connectivity index is 1.92. The zero-order valence-corrected chi connectivity index (χ0v) is 14.3. The molecule has 122 valence electrons. The molecule has 0 aliphatic carbocycles. The molecule has 3 nitrogen and oxygen atoms in total. The Hall–Kier alpha value is -1.84. The SMILES string of the molecule is CCN(CC)CCC(O)c1ccc2c(c1)c1ccccc1n2C. The van der Waals surface area contributed by atoms with Crippen LogP contribution in [0.3, 0.4) is 0 Å². The number of para-hydroxylation sites is 1. The van der Waals surface area contributed by atoms with Gasteiger partial charge in [-0.1, -0.05) is 38.1 Å². The van der Waals surface area contributed by atoms with Crippen molar-refractivity contribution in [2.75, 3.05) is 19.6 Å². The van der Waals surface area contributed by atoms with E-state index in [-0.39, 0.29) is 0 Å². The molecular weight excluding hydrogens is 284 g/mol. The molecule has 1 N–H and O–H groups in total. The molecule has 2 aromatic carbocycles. The van der Waals surface area contributed by atoms with Gasteiger partial charge in [0.2, 0.25) is 0 Å². The van der Waals surface area contributed by atoms with Crippen LogP contribution in [-0.4, -0.2) is 34.2 Å². The van der Waals surface area contributed by atoms with Crippen molar-refractivity contribution < 1.29 is 5.11 Å². The fourth-order valence-corrected chi connectivity index (χ4v) is 3.40. The van der Waals surface area contributed by atoms with Gasteiger partial charge in [-0.05, 0) is 43.3 Å². The molecule has 1 aromatic heterocycles. The number of nitrogens with zero attached hydrogens (tertiary/aromatic N) is 2. The number of fused-ring (bicyclic) bond motifs is 3. The first-order valence-corrected chi connectivity index (χ1v) is 8.53. The molecule has 1 atom stereocenters. The lowest BCUT2D eigenvalue weighted by Gasteiger charge is -2.20. The van der Waals surface area contributed by atoms with Crippen LogP contribution in [0.25, 0.3) is 21.8 Å². The smallest absolute Gasteiger partial charge is 0.0802 e. The summed E-state index contributed by atoms with van der Waals surface area (Å²) in [5, 5.41) is 13.0. The summed E-state index contributed by atoms with van der Waals surface area (Å²) < 4.78 is 2.22. The molecule has 23 heavy (non-hydrogen) atoms. The molecule has 0 radical (unpaired) electrons. The van der Waals surface area contributed by atoms with Gasteiger partial charge in [0.15, 0.2) is 0 Å². The summed E-state index contributed by atoms with van der Waals surface area (Å²) in [6, 6.07) is 14.8. The summed E-state index contributed by atoms with van der Waals surface area (Å²) in [7, 11) is 2.10. The van der Waals surface area contributed by atoms with Crippen molar-refractivity contribution in [2.45, 2.75) is 26.4 Å². The minimum absolute atomic E-state index is 0.404. The Kier molecular flexibility index (Phi) is 4.69. The first-order chi connectivity index (χ1) is 11.2. The van der Waals surface area contributed by atoms with Crippen LogP contribution in [-0.2, 0) is 7.05 Å². The second kappa shape index (κ2) is 6.73. The summed E-state index contributed by atoms with van der Waals surface area (Å²) in [6.45, 7) is 7.33. The number of aliphatic hydroxyl groups excluding tert-OH is 1. The Morgan fingerprint density at radius 3 is 2.43 bits per heavy atom. The van der Waals surface area contributed by atoms with E-state index >= 15 is 0 Å². The summed E-state index contributed by atoms with van der Waals surface area (Å²) in [5.41, 5.74) is 3.46. The molecule has 3 aromatic rings. The molecule has 0 saturated heterocycles. The van der Waals surface area contributed by atoms with E-state index in [9.17, 15) is 5.11 Å². The van der Waals surface area contributed by atoms with Gasteiger partial charge >= 0.3 is 0 Å². The number of aromatic nitrogens is 1. The number of hydrogen-bond donors (Lipinski definition) is 1. The van der Waals surface area contributed by atoms with Gasteiger partial charge in [0.05, 0.1) is 6.10 Å². The molecule has 3 heteroatoms. The third-order valence-corrected chi connectivity index (χ3v) is 4.94. The molecule has 0 bridgehead atoms. The van der Waals surface area contributed by atoms with Crippen LogP contribution in [0.2, 0.25) is 0 Å². The predicted molar refractivity (Wildman–Crippen MR) is 97.8 cm³/mol. The van der Waals surface area contributed by atoms with Crippen LogP contribution in [0.1, 0.15) is 31.9 Å². The highest BCUT2D eigenvalue weighted by Gasteiger charge is 2.13. The van der Waals surface area contributed by atoms with E-state index in [1.807, 2.05) is 0 Å². The van der Waals surface area contributed by atoms with Crippen molar-refractivity contribution in [1.82, 2.24) is 9.47 Å². The quantitative estimate of drug-likeness (QED) is 0.742. The largest absolute Gasteiger partial charge is 0.388 e. The normalized spacial score (nSPS) is 13.3. The summed E-state index contributed by atoms with van der Waals surface area (Å²) in [4.78, 5) is 2.35. The molecular formula is C20H26N2O. The van der Waals surface area contributed by atoms with Crippen molar-refractivity contribution in [1.29, 1.82) is 0 Å². The van der Waals surface area contributed by atoms with Crippen LogP contribution >= 0.6 is 0 Å². The molecule has 0 fully saturated rings. The standard InChI is InChI=1S/C20H26N2O/c1-4-22(5-2)13-12-20(23)15-10-11-19-17(14-15)16-8-6-7-9-18(16)21(19)3/h6-11,14,20,23H,4-5,12-13H2,1-3H3. The van der Waals surface area contributed by atoms with E-state index in [0.717, 1.165) is 31.6 Å². The van der Waals surface area contributed by atoms with Crippen LogP contribution in [0.15, 0.2) is 42.5 Å². The van der Waals surface area contributed by atoms with E-state index in [1.165, 1.54) is 21.8 Å². The van der Waals surface area contributed by atoms with E-state index < -0.39 is 6.10 Å². The summed E-state index contributed by atoms with van der Waals surface area (Å²) in [6.07, 6.45) is 0.372. The maximum atomic E-state index is 10.6. The van der Waals surface area contributed by atoms with Gasteiger partial charge in [-0.25, -0.2) is 0 Å². The second-order valence-electron chi connectivity index (χ2n) is 6.18. The zero-order chi connectivity index (χ0) is 16.4. The van der Waals surface area contributed by atoms with Crippen molar-refractivity contribution in [3.8, 4) is 0 Å². The van der Waals surface area contributed by atoms with Crippen LogP contribution in [0.4, 0.5) is 0 Å². The Morgan fingerprint density at radius 1 is 1.00 bits per heavy atom. The minimum atomic E-state index is -0.404. The predicted octanol–water partition coefficient (Wildman–Crippen LogP) is 4.10. The molecule has 0 aliphatic rings. The molecule has 0 saturated carbocycles. The minimum Gasteiger partial charge on any atom is -0.388 e. The fourth-order valence-electron chi connectivity index (χ4n) is 3.40. The zero-order valence-electron chi connectivity index (χ0n) is 14.3. The maximum absolute atomic E-state index is 10.6. The van der Waals surface area contributed by atoms with Crippen LogP contribution < -0.4 is 0 Å². The Morgan fingerprint density at radius 2 is 1.70 bits per heavy atom. The van der Waals surface area contributed by atoms with Crippen molar-refractivity contribution >= 4 is 21.8 Å². The second-order valence-corrected chi connectivity index (χ2v) is 6.18. The van der Waals surface area contributed by atoms with E-state index in [1.54, 1.807) is 0 Å². The highest BCUT2D eigenvalue weighted by atomic mass is 16.3. The van der Waals surface area contributed by atoms with E-state index in [4.69, 9.17) is 0 Å². The number of hydrogen-bond acceptors (Lipinski definition) is 2. The molecule has 0 aliphatic heterocycles. The first-order valence-electron chi connectivity index (χ1n) is 8.53. The van der Waals surface area contributed by atoms with E-state index in [2.05, 4.69) is 72.8 Å².